The van der Waals surface area contributed by atoms with Crippen LogP contribution >= 0.6 is 15.9 Å². The molecule has 0 bridgehead atoms. The molecule has 0 aliphatic carbocycles. The summed E-state index contributed by atoms with van der Waals surface area (Å²) in [5.41, 5.74) is -1.39. The Bertz CT molecular complexity index is 555. The van der Waals surface area contributed by atoms with E-state index in [-0.39, 0.29) is 4.47 Å². The van der Waals surface area contributed by atoms with Gasteiger partial charge in [0.05, 0.1) is 11.1 Å². The molecule has 0 radical (unpaired) electrons. The standard InChI is InChI=1S/C9H11BrN2O6/c10-3-1-12(9(17)11-7(3)16)8-6(15)5(14)4(2-13)18-8/h1,4-6,8,13-15H,2H2,(H,11,16,17)/t4-,5-,6-,8-/m0/s1. The molecular formula is C9H11BrN2O6. The lowest BCUT2D eigenvalue weighted by molar-refractivity contribution is -0.0551. The highest BCUT2D eigenvalue weighted by molar-refractivity contribution is 9.10. The maximum absolute atomic E-state index is 11.6. The van der Waals surface area contributed by atoms with E-state index in [0.717, 1.165) is 10.8 Å². The minimum Gasteiger partial charge on any atom is -0.394 e. The largest absolute Gasteiger partial charge is 0.394 e. The van der Waals surface area contributed by atoms with Crippen molar-refractivity contribution in [2.75, 3.05) is 6.61 Å². The van der Waals surface area contributed by atoms with E-state index in [4.69, 9.17) is 9.84 Å². The van der Waals surface area contributed by atoms with E-state index >= 15 is 0 Å². The van der Waals surface area contributed by atoms with Crippen LogP contribution in [0.4, 0.5) is 0 Å². The number of nitrogens with one attached hydrogen (secondary N) is 1. The summed E-state index contributed by atoms with van der Waals surface area (Å²) in [4.78, 5) is 24.8. The third kappa shape index (κ3) is 2.15. The summed E-state index contributed by atoms with van der Waals surface area (Å²) in [7, 11) is 0. The van der Waals surface area contributed by atoms with Crippen LogP contribution in [0.2, 0.25) is 0 Å². The first-order valence-corrected chi connectivity index (χ1v) is 5.88. The molecule has 9 heteroatoms. The van der Waals surface area contributed by atoms with E-state index < -0.39 is 42.4 Å². The highest BCUT2D eigenvalue weighted by atomic mass is 79.9. The number of ether oxygens (including phenoxy) is 1. The highest BCUT2D eigenvalue weighted by Gasteiger charge is 2.43. The van der Waals surface area contributed by atoms with Crippen LogP contribution in [0.25, 0.3) is 0 Å². The van der Waals surface area contributed by atoms with Gasteiger partial charge in [0, 0.05) is 6.20 Å². The quantitative estimate of drug-likeness (QED) is 0.495. The molecule has 4 atom stereocenters. The molecule has 1 aromatic rings. The molecule has 0 spiro atoms. The van der Waals surface area contributed by atoms with Crippen molar-refractivity contribution in [1.29, 1.82) is 0 Å². The molecule has 0 aromatic carbocycles. The monoisotopic (exact) mass is 322 g/mol. The fourth-order valence-corrected chi connectivity index (χ4v) is 2.08. The van der Waals surface area contributed by atoms with Crippen LogP contribution in [0.1, 0.15) is 6.23 Å². The molecule has 4 N–H and O–H groups in total. The van der Waals surface area contributed by atoms with Gasteiger partial charge in [-0.25, -0.2) is 4.79 Å². The topological polar surface area (TPSA) is 125 Å². The molecule has 1 saturated heterocycles. The second-order valence-electron chi connectivity index (χ2n) is 3.87. The number of aromatic nitrogens is 2. The summed E-state index contributed by atoms with van der Waals surface area (Å²) in [6, 6.07) is 0. The Kier molecular flexibility index (Phi) is 3.69. The van der Waals surface area contributed by atoms with Crippen molar-refractivity contribution in [1.82, 2.24) is 9.55 Å². The van der Waals surface area contributed by atoms with Gasteiger partial charge in [-0.05, 0) is 15.9 Å². The summed E-state index contributed by atoms with van der Waals surface area (Å²) in [6.45, 7) is -0.492. The molecule has 0 unspecified atom stereocenters. The van der Waals surface area contributed by atoms with Crippen LogP contribution in [0.5, 0.6) is 0 Å². The summed E-state index contributed by atoms with van der Waals surface area (Å²) >= 11 is 2.94. The summed E-state index contributed by atoms with van der Waals surface area (Å²) in [5.74, 6) is 0. The Morgan fingerprint density at radius 3 is 2.61 bits per heavy atom. The van der Waals surface area contributed by atoms with E-state index in [1.54, 1.807) is 0 Å². The smallest absolute Gasteiger partial charge is 0.330 e. The van der Waals surface area contributed by atoms with Gasteiger partial charge in [-0.2, -0.15) is 0 Å². The molecule has 1 aliphatic rings. The van der Waals surface area contributed by atoms with Crippen molar-refractivity contribution in [3.63, 3.8) is 0 Å². The van der Waals surface area contributed by atoms with Crippen LogP contribution in [0, 0.1) is 0 Å². The fraction of sp³-hybridized carbons (Fsp3) is 0.556. The predicted octanol–water partition coefficient (Wildman–Crippen LogP) is -2.09. The number of halogens is 1. The molecule has 1 aliphatic heterocycles. The van der Waals surface area contributed by atoms with Crippen LogP contribution in [0.3, 0.4) is 0 Å². The van der Waals surface area contributed by atoms with E-state index in [1.807, 2.05) is 4.98 Å². The van der Waals surface area contributed by atoms with Crippen molar-refractivity contribution >= 4 is 15.9 Å². The Morgan fingerprint density at radius 1 is 1.39 bits per heavy atom. The van der Waals surface area contributed by atoms with Crippen molar-refractivity contribution < 1.29 is 20.1 Å². The maximum atomic E-state index is 11.6. The van der Waals surface area contributed by atoms with Crippen molar-refractivity contribution in [3.8, 4) is 0 Å². The zero-order chi connectivity index (χ0) is 13.4. The average Bonchev–Trinajstić information content (AvgIpc) is 2.61. The first kappa shape index (κ1) is 13.4. The zero-order valence-corrected chi connectivity index (χ0v) is 10.6. The Labute approximate surface area is 109 Å². The molecule has 8 nitrogen and oxygen atoms in total. The number of hydrogen-bond acceptors (Lipinski definition) is 6. The molecule has 2 heterocycles. The minimum absolute atomic E-state index is 0.0832. The number of hydrogen-bond donors (Lipinski definition) is 4. The Balaban J connectivity index is 2.42. The third-order valence-electron chi connectivity index (χ3n) is 2.72. The van der Waals surface area contributed by atoms with E-state index in [2.05, 4.69) is 15.9 Å². The molecule has 1 aromatic heterocycles. The lowest BCUT2D eigenvalue weighted by Crippen LogP contribution is -2.38. The number of aromatic amines is 1. The van der Waals surface area contributed by atoms with Gasteiger partial charge >= 0.3 is 5.69 Å². The SMILES string of the molecule is O=c1[nH]c(=O)n([C@H]2O[C@@H](CO)[C@H](O)[C@@H]2O)cc1Br. The average molecular weight is 323 g/mol. The van der Waals surface area contributed by atoms with Crippen molar-refractivity contribution in [2.24, 2.45) is 0 Å². The number of H-pyrrole nitrogens is 1. The molecule has 0 saturated carbocycles. The number of aliphatic hydroxyl groups excluding tert-OH is 3. The Hall–Kier alpha value is -1.00. The number of rotatable bonds is 2. The van der Waals surface area contributed by atoms with E-state index in [9.17, 15) is 19.8 Å². The molecule has 1 fully saturated rings. The molecular weight excluding hydrogens is 312 g/mol. The number of aliphatic hydroxyl groups is 3. The minimum atomic E-state index is -1.38. The van der Waals surface area contributed by atoms with Crippen molar-refractivity contribution in [3.05, 3.63) is 31.5 Å². The van der Waals surface area contributed by atoms with Crippen molar-refractivity contribution in [2.45, 2.75) is 24.5 Å². The maximum Gasteiger partial charge on any atom is 0.330 e. The first-order valence-electron chi connectivity index (χ1n) is 5.09. The highest BCUT2D eigenvalue weighted by Crippen LogP contribution is 2.28. The second kappa shape index (κ2) is 4.94. The lowest BCUT2D eigenvalue weighted by atomic mass is 10.1. The van der Waals surface area contributed by atoms with Gasteiger partial charge in [0.15, 0.2) is 6.23 Å². The van der Waals surface area contributed by atoms with Gasteiger partial charge in [-0.1, -0.05) is 0 Å². The van der Waals surface area contributed by atoms with E-state index in [0.29, 0.717) is 0 Å². The molecule has 0 amide bonds. The summed E-state index contributed by atoms with van der Waals surface area (Å²) in [6.07, 6.45) is -3.68. The summed E-state index contributed by atoms with van der Waals surface area (Å²) < 4.78 is 6.19. The van der Waals surface area contributed by atoms with Gasteiger partial charge in [0.2, 0.25) is 0 Å². The summed E-state index contributed by atoms with van der Waals surface area (Å²) in [5, 5.41) is 28.3. The zero-order valence-electron chi connectivity index (χ0n) is 8.99. The van der Waals surface area contributed by atoms with Crippen LogP contribution in [0.15, 0.2) is 20.3 Å². The molecule has 2 rings (SSSR count). The van der Waals surface area contributed by atoms with Gasteiger partial charge in [-0.15, -0.1) is 0 Å². The molecule has 18 heavy (non-hydrogen) atoms. The van der Waals surface area contributed by atoms with Crippen LogP contribution in [-0.2, 0) is 4.74 Å². The van der Waals surface area contributed by atoms with E-state index in [1.165, 1.54) is 0 Å². The fourth-order valence-electron chi connectivity index (χ4n) is 1.76. The van der Waals surface area contributed by atoms with Crippen LogP contribution < -0.4 is 11.2 Å². The second-order valence-corrected chi connectivity index (χ2v) is 4.73. The lowest BCUT2D eigenvalue weighted by Gasteiger charge is -2.17. The van der Waals surface area contributed by atoms with Gasteiger partial charge < -0.3 is 20.1 Å². The van der Waals surface area contributed by atoms with Crippen LogP contribution in [-0.4, -0.2) is 49.8 Å². The number of nitrogens with zero attached hydrogens (tertiary/aromatic N) is 1. The normalized spacial score (nSPS) is 31.8. The van der Waals surface area contributed by atoms with Gasteiger partial charge in [-0.3, -0.25) is 14.3 Å². The van der Waals surface area contributed by atoms with Gasteiger partial charge in [0.1, 0.15) is 18.3 Å². The third-order valence-corrected chi connectivity index (χ3v) is 3.28. The Morgan fingerprint density at radius 2 is 2.06 bits per heavy atom. The first-order chi connectivity index (χ1) is 8.45. The van der Waals surface area contributed by atoms with Gasteiger partial charge in [0.25, 0.3) is 5.56 Å². The molecule has 100 valence electrons. The predicted molar refractivity (Wildman–Crippen MR) is 62.0 cm³/mol.